The first-order valence-corrected chi connectivity index (χ1v) is 7.44. The van der Waals surface area contributed by atoms with Crippen molar-refractivity contribution in [2.24, 2.45) is 0 Å². The van der Waals surface area contributed by atoms with Crippen LogP contribution in [0.25, 0.3) is 22.4 Å². The van der Waals surface area contributed by atoms with E-state index in [2.05, 4.69) is 15.6 Å². The van der Waals surface area contributed by atoms with E-state index in [1.54, 1.807) is 12.4 Å². The van der Waals surface area contributed by atoms with E-state index < -0.39 is 0 Å². The van der Waals surface area contributed by atoms with Crippen LogP contribution in [0.3, 0.4) is 0 Å². The second-order valence-corrected chi connectivity index (χ2v) is 5.28. The van der Waals surface area contributed by atoms with Gasteiger partial charge in [0, 0.05) is 43.1 Å². The van der Waals surface area contributed by atoms with E-state index in [0.29, 0.717) is 6.42 Å². The lowest BCUT2D eigenvalue weighted by atomic mass is 10.2. The first-order chi connectivity index (χ1) is 11.4. The van der Waals surface area contributed by atoms with Crippen LogP contribution in [0.5, 0.6) is 11.5 Å². The van der Waals surface area contributed by atoms with E-state index >= 15 is 0 Å². The number of aryl methyl sites for hydroxylation is 1. The molecule has 6 nitrogen and oxygen atoms in total. The Morgan fingerprint density at radius 3 is 2.74 bits per heavy atom. The number of benzene rings is 1. The molecule has 0 saturated heterocycles. The van der Waals surface area contributed by atoms with Gasteiger partial charge in [0.2, 0.25) is 6.79 Å². The SMILES string of the molecule is N#CCCCn1c(-c2ccncc2)nc2cc3c(cc21)OCO3. The first-order valence-electron chi connectivity index (χ1n) is 7.44. The Kier molecular flexibility index (Phi) is 3.31. The summed E-state index contributed by atoms with van der Waals surface area (Å²) in [5.74, 6) is 2.32. The third kappa shape index (κ3) is 2.36. The molecule has 114 valence electrons. The van der Waals surface area contributed by atoms with Gasteiger partial charge in [-0.15, -0.1) is 0 Å². The number of aromatic nitrogens is 3. The zero-order valence-electron chi connectivity index (χ0n) is 12.4. The van der Waals surface area contributed by atoms with Crippen LogP contribution in [0.15, 0.2) is 36.7 Å². The van der Waals surface area contributed by atoms with Crippen molar-refractivity contribution in [3.05, 3.63) is 36.7 Å². The topological polar surface area (TPSA) is 73.0 Å². The van der Waals surface area contributed by atoms with Gasteiger partial charge >= 0.3 is 0 Å². The summed E-state index contributed by atoms with van der Waals surface area (Å²) in [6, 6.07) is 9.92. The quantitative estimate of drug-likeness (QED) is 0.692. The summed E-state index contributed by atoms with van der Waals surface area (Å²) < 4.78 is 13.0. The Labute approximate surface area is 132 Å². The molecule has 3 heterocycles. The second-order valence-electron chi connectivity index (χ2n) is 5.28. The summed E-state index contributed by atoms with van der Waals surface area (Å²) in [5, 5.41) is 8.80. The number of ether oxygens (including phenoxy) is 2. The molecule has 0 unspecified atom stereocenters. The molecule has 0 atom stereocenters. The summed E-state index contributed by atoms with van der Waals surface area (Å²) in [4.78, 5) is 8.82. The van der Waals surface area contributed by atoms with E-state index in [1.165, 1.54) is 0 Å². The highest BCUT2D eigenvalue weighted by atomic mass is 16.7. The van der Waals surface area contributed by atoms with Gasteiger partial charge < -0.3 is 14.0 Å². The largest absolute Gasteiger partial charge is 0.454 e. The maximum absolute atomic E-state index is 8.80. The Morgan fingerprint density at radius 2 is 1.96 bits per heavy atom. The Balaban J connectivity index is 1.87. The minimum Gasteiger partial charge on any atom is -0.454 e. The van der Waals surface area contributed by atoms with Crippen molar-refractivity contribution in [3.8, 4) is 29.0 Å². The van der Waals surface area contributed by atoms with Crippen LogP contribution in [0.2, 0.25) is 0 Å². The highest BCUT2D eigenvalue weighted by Gasteiger charge is 2.19. The summed E-state index contributed by atoms with van der Waals surface area (Å²) in [5.41, 5.74) is 2.84. The van der Waals surface area contributed by atoms with Gasteiger partial charge in [-0.05, 0) is 18.6 Å². The molecule has 3 aromatic rings. The molecule has 0 bridgehead atoms. The summed E-state index contributed by atoms with van der Waals surface area (Å²) in [6.45, 7) is 0.967. The molecule has 1 aliphatic heterocycles. The van der Waals surface area contributed by atoms with E-state index in [0.717, 1.165) is 46.9 Å². The van der Waals surface area contributed by atoms with Crippen LogP contribution in [0.4, 0.5) is 0 Å². The first kappa shape index (κ1) is 13.6. The molecule has 1 aliphatic rings. The van der Waals surface area contributed by atoms with Gasteiger partial charge in [-0.3, -0.25) is 4.98 Å². The molecular weight excluding hydrogens is 292 g/mol. The Hall–Kier alpha value is -3.07. The highest BCUT2D eigenvalue weighted by molar-refractivity contribution is 5.84. The van der Waals surface area contributed by atoms with Gasteiger partial charge in [0.15, 0.2) is 11.5 Å². The molecular formula is C17H14N4O2. The van der Waals surface area contributed by atoms with Gasteiger partial charge in [-0.2, -0.15) is 5.26 Å². The minimum absolute atomic E-state index is 0.244. The van der Waals surface area contributed by atoms with Crippen LogP contribution in [0, 0.1) is 11.3 Å². The third-order valence-electron chi connectivity index (χ3n) is 3.85. The number of nitriles is 1. The van der Waals surface area contributed by atoms with Crippen molar-refractivity contribution in [1.82, 2.24) is 14.5 Å². The summed E-state index contributed by atoms with van der Waals surface area (Å²) in [6.07, 6.45) is 4.79. The monoisotopic (exact) mass is 306 g/mol. The van der Waals surface area contributed by atoms with E-state index in [-0.39, 0.29) is 6.79 Å². The van der Waals surface area contributed by atoms with Crippen molar-refractivity contribution in [1.29, 1.82) is 5.26 Å². The Morgan fingerprint density at radius 1 is 1.17 bits per heavy atom. The van der Waals surface area contributed by atoms with Crippen molar-refractivity contribution < 1.29 is 9.47 Å². The second kappa shape index (κ2) is 5.61. The molecule has 0 amide bonds. The number of unbranched alkanes of at least 4 members (excludes halogenated alkanes) is 1. The van der Waals surface area contributed by atoms with Crippen LogP contribution in [-0.2, 0) is 6.54 Å². The number of hydrogen-bond acceptors (Lipinski definition) is 5. The van der Waals surface area contributed by atoms with Gasteiger partial charge in [-0.25, -0.2) is 4.98 Å². The normalized spacial score (nSPS) is 12.5. The molecule has 0 radical (unpaired) electrons. The van der Waals surface area contributed by atoms with Crippen molar-refractivity contribution in [2.45, 2.75) is 19.4 Å². The lowest BCUT2D eigenvalue weighted by molar-refractivity contribution is 0.174. The lowest BCUT2D eigenvalue weighted by Crippen LogP contribution is -2.01. The predicted octanol–water partition coefficient (Wildman–Crippen LogP) is 3.13. The fraction of sp³-hybridized carbons (Fsp3) is 0.235. The maximum atomic E-state index is 8.80. The molecule has 0 aliphatic carbocycles. The van der Waals surface area contributed by atoms with E-state index in [4.69, 9.17) is 19.7 Å². The molecule has 2 aromatic heterocycles. The van der Waals surface area contributed by atoms with E-state index in [1.807, 2.05) is 24.3 Å². The summed E-state index contributed by atoms with van der Waals surface area (Å²) in [7, 11) is 0. The predicted molar refractivity (Wildman–Crippen MR) is 83.9 cm³/mol. The molecule has 0 fully saturated rings. The number of fused-ring (bicyclic) bond motifs is 2. The van der Waals surface area contributed by atoms with Crippen molar-refractivity contribution in [2.75, 3.05) is 6.79 Å². The minimum atomic E-state index is 0.244. The third-order valence-corrected chi connectivity index (χ3v) is 3.85. The molecule has 0 spiro atoms. The molecule has 4 rings (SSSR count). The Bertz CT molecular complexity index is 896. The zero-order valence-corrected chi connectivity index (χ0v) is 12.4. The lowest BCUT2D eigenvalue weighted by Gasteiger charge is -2.08. The smallest absolute Gasteiger partial charge is 0.231 e. The molecule has 0 saturated carbocycles. The maximum Gasteiger partial charge on any atom is 0.231 e. The number of hydrogen-bond donors (Lipinski definition) is 0. The van der Waals surface area contributed by atoms with Crippen LogP contribution in [0.1, 0.15) is 12.8 Å². The molecule has 23 heavy (non-hydrogen) atoms. The standard InChI is InChI=1S/C17H14N4O2/c18-5-1-2-8-21-14-10-16-15(22-11-23-16)9-13(14)20-17(21)12-3-6-19-7-4-12/h3-4,6-7,9-10H,1-2,8,11H2. The molecule has 6 heteroatoms. The van der Waals surface area contributed by atoms with Gasteiger partial charge in [-0.1, -0.05) is 0 Å². The number of nitrogens with zero attached hydrogens (tertiary/aromatic N) is 4. The fourth-order valence-corrected chi connectivity index (χ4v) is 2.78. The summed E-state index contributed by atoms with van der Waals surface area (Å²) >= 11 is 0. The van der Waals surface area contributed by atoms with Crippen molar-refractivity contribution >= 4 is 11.0 Å². The van der Waals surface area contributed by atoms with Crippen LogP contribution in [-0.4, -0.2) is 21.3 Å². The van der Waals surface area contributed by atoms with E-state index in [9.17, 15) is 0 Å². The van der Waals surface area contributed by atoms with Crippen LogP contribution < -0.4 is 9.47 Å². The average molecular weight is 306 g/mol. The molecule has 0 N–H and O–H groups in total. The van der Waals surface area contributed by atoms with Gasteiger partial charge in [0.05, 0.1) is 17.1 Å². The molecule has 1 aromatic carbocycles. The number of imidazole rings is 1. The number of pyridine rings is 1. The highest BCUT2D eigenvalue weighted by Crippen LogP contribution is 2.37. The van der Waals surface area contributed by atoms with Gasteiger partial charge in [0.25, 0.3) is 0 Å². The van der Waals surface area contributed by atoms with Crippen molar-refractivity contribution in [3.63, 3.8) is 0 Å². The van der Waals surface area contributed by atoms with Crippen LogP contribution >= 0.6 is 0 Å². The average Bonchev–Trinajstić information content (AvgIpc) is 3.18. The zero-order chi connectivity index (χ0) is 15.6. The fourth-order valence-electron chi connectivity index (χ4n) is 2.78. The number of rotatable bonds is 4. The van der Waals surface area contributed by atoms with Gasteiger partial charge in [0.1, 0.15) is 5.82 Å².